The number of carbonyl (C=O) groups is 16. The summed E-state index contributed by atoms with van der Waals surface area (Å²) in [6.45, 7) is 24.1. The average Bonchev–Trinajstić information content (AvgIpc) is 1.46. The van der Waals surface area contributed by atoms with E-state index in [0.29, 0.717) is 13.2 Å². The second-order valence-corrected chi connectivity index (χ2v) is 17.3. The van der Waals surface area contributed by atoms with E-state index >= 15 is 0 Å². The molecule has 0 bridgehead atoms. The predicted octanol–water partition coefficient (Wildman–Crippen LogP) is -4.47. The van der Waals surface area contributed by atoms with Gasteiger partial charge in [0.05, 0.1) is 70.5 Å². The second-order valence-electron chi connectivity index (χ2n) is 17.3. The number of esters is 5. The van der Waals surface area contributed by atoms with Crippen molar-refractivity contribution in [3.63, 3.8) is 0 Å². The largest absolute Gasteiger partial charge is 1.00 e. The van der Waals surface area contributed by atoms with Crippen LogP contribution in [0.1, 0.15) is 97.9 Å². The van der Waals surface area contributed by atoms with Crippen LogP contribution in [-0.2, 0) is 95.7 Å². The lowest BCUT2D eigenvalue weighted by molar-refractivity contribution is -0.407. The number of carbonyl (C=O) groups excluding carboxylic acids is 14. The van der Waals surface area contributed by atoms with E-state index in [4.69, 9.17) is 24.4 Å². The van der Waals surface area contributed by atoms with E-state index in [-0.39, 0.29) is 128 Å². The molecule has 36 nitrogen and oxygen atoms in total. The van der Waals surface area contributed by atoms with E-state index in [1.165, 1.54) is 52.0 Å². The number of benzene rings is 1. The number of halogens is 1. The topological polar surface area (TPSA) is 539 Å². The van der Waals surface area contributed by atoms with Crippen LogP contribution in [-0.4, -0.2) is 201 Å². The number of aliphatic carboxylic acids is 2. The molecule has 0 heterocycles. The van der Waals surface area contributed by atoms with E-state index < -0.39 is 138 Å². The normalized spacial score (nSPS) is 9.57. The Kier molecular flexibility index (Phi) is 66.2. The van der Waals surface area contributed by atoms with E-state index in [0.717, 1.165) is 0 Å². The number of quaternary nitrogens is 1. The average molecular weight is 1380 g/mol. The fourth-order valence-electron chi connectivity index (χ4n) is 4.83. The van der Waals surface area contributed by atoms with E-state index in [2.05, 4.69) is 89.4 Å². The summed E-state index contributed by atoms with van der Waals surface area (Å²) in [5, 5.41) is 47.1. The molecule has 1 aromatic carbocycles. The number of nitrogens with zero attached hydrogens (tertiary/aromatic N) is 1. The Bertz CT molecular complexity index is 2690. The monoisotopic (exact) mass is 1380 g/mol. The van der Waals surface area contributed by atoms with Crippen molar-refractivity contribution in [1.29, 1.82) is 0 Å². The maximum atomic E-state index is 11.9. The maximum Gasteiger partial charge on any atom is 0.365 e. The number of rotatable bonds is 33. The summed E-state index contributed by atoms with van der Waals surface area (Å²) < 4.78 is 23.7. The second kappa shape index (κ2) is 60.9. The minimum atomic E-state index is -1.22. The summed E-state index contributed by atoms with van der Waals surface area (Å²) >= 11 is 0. The first-order chi connectivity index (χ1) is 42.0. The smallest absolute Gasteiger partial charge is 0.365 e. The molecule has 14 N–H and O–H groups in total. The van der Waals surface area contributed by atoms with Crippen molar-refractivity contribution in [2.45, 2.75) is 110 Å². The fraction of sp³-hybridized carbons (Fsp3) is 0.483. The Morgan fingerprint density at radius 1 is 0.453 bits per heavy atom. The molecule has 2 unspecified atom stereocenters. The van der Waals surface area contributed by atoms with E-state index in [1.807, 2.05) is 0 Å². The molecule has 0 aliphatic carbocycles. The van der Waals surface area contributed by atoms with Crippen LogP contribution in [0.25, 0.3) is 0 Å². The minimum absolute atomic E-state index is 0. The Morgan fingerprint density at radius 2 is 0.747 bits per heavy atom. The molecule has 0 fully saturated rings. The highest BCUT2D eigenvalue weighted by atomic mass is 35.5. The molecule has 0 saturated heterocycles. The van der Waals surface area contributed by atoms with Crippen molar-refractivity contribution in [3.8, 4) is 5.75 Å². The van der Waals surface area contributed by atoms with Crippen LogP contribution >= 0.6 is 0 Å². The summed E-state index contributed by atoms with van der Waals surface area (Å²) in [5.74, 6) is -10.0. The summed E-state index contributed by atoms with van der Waals surface area (Å²) in [6.07, 6.45) is -0.409. The van der Waals surface area contributed by atoms with Gasteiger partial charge in [-0.05, 0) is 67.5 Å². The van der Waals surface area contributed by atoms with Gasteiger partial charge in [0.1, 0.15) is 37.8 Å². The molecule has 1 rings (SSSR count). The van der Waals surface area contributed by atoms with Crippen molar-refractivity contribution in [2.24, 2.45) is 0 Å². The zero-order valence-corrected chi connectivity index (χ0v) is 52.3. The van der Waals surface area contributed by atoms with Crippen molar-refractivity contribution in [1.82, 2.24) is 47.9 Å². The third kappa shape index (κ3) is 60.7. The van der Waals surface area contributed by atoms with Crippen LogP contribution in [0, 0.1) is 10.1 Å². The van der Waals surface area contributed by atoms with Crippen molar-refractivity contribution >= 4 is 101 Å². The van der Waals surface area contributed by atoms with Crippen molar-refractivity contribution in [2.75, 3.05) is 78.8 Å². The lowest BCUT2D eigenvalue weighted by atomic mass is 10.2. The number of carboxylic acid groups (broad SMARTS) is 2. The molecule has 0 radical (unpaired) electrons. The van der Waals surface area contributed by atoms with Gasteiger partial charge in [0.25, 0.3) is 5.69 Å². The van der Waals surface area contributed by atoms with E-state index in [9.17, 15) is 86.8 Å². The molecular formula is C58H96ClN11O25. The van der Waals surface area contributed by atoms with Gasteiger partial charge in [-0.1, -0.05) is 56.0 Å². The van der Waals surface area contributed by atoms with Crippen molar-refractivity contribution < 1.29 is 134 Å². The van der Waals surface area contributed by atoms with Gasteiger partial charge in [-0.25, -0.2) is 14.4 Å². The lowest BCUT2D eigenvalue weighted by Crippen LogP contribution is -3.00. The third-order valence-corrected chi connectivity index (χ3v) is 9.14. The highest BCUT2D eigenvalue weighted by Crippen LogP contribution is 2.17. The molecule has 95 heavy (non-hydrogen) atoms. The summed E-state index contributed by atoms with van der Waals surface area (Å²) in [7, 11) is 0. The summed E-state index contributed by atoms with van der Waals surface area (Å²) in [6, 6.07) is 3.03. The van der Waals surface area contributed by atoms with Crippen LogP contribution in [0.3, 0.4) is 0 Å². The number of non-ortho nitro benzene ring substituents is 1. The van der Waals surface area contributed by atoms with Gasteiger partial charge < -0.3 is 99.9 Å². The molecular weight excluding hydrogens is 1290 g/mol. The highest BCUT2D eigenvalue weighted by Gasteiger charge is 2.26. The standard InChI is InChI=1S/C16H25N3O7.C14H15N3O6.2C8H12N2O4.C8H15NO4.4CH4.ClH/c1-5-25-14(22)7-11(16(24)26-6-2)19-13(21)9-17-12(20)8-18-15(23)10(3)4;1-9(2)14(20)16-7-12(18)15-8-13(19)23-11-5-3-10(4-6-11)17(21)22;2*1-5(2)8(14)10-3-6(11)9-4-7(12)13;1-3-12-7(10)5-6(9)8(11)13-4-2;;;;;/h11H,3,5-9H2,1-2,4H3,(H,17,20)(H,18,23)(H,19,21);3-6H,1,7-8H2,2H3,(H,15,18)(H,16,20);2*1,3-4H2,2H3,(H,9,11)(H,10,14)(H,12,13);6H,3-5,9H2,1-2H3;4*1H4;1H. The molecule has 37 heteroatoms. The molecule has 540 valence electrons. The highest BCUT2D eigenvalue weighted by molar-refractivity contribution is 5.98. The van der Waals surface area contributed by atoms with Crippen LogP contribution < -0.4 is 70.7 Å². The van der Waals surface area contributed by atoms with Gasteiger partial charge in [-0.3, -0.25) is 72.4 Å². The van der Waals surface area contributed by atoms with Gasteiger partial charge in [-0.15, -0.1) is 0 Å². The number of nitro benzene ring substituents is 1. The number of carboxylic acids is 2. The first kappa shape index (κ1) is 103. The van der Waals surface area contributed by atoms with Gasteiger partial charge in [0.2, 0.25) is 53.2 Å². The SMILES string of the molecule is C.C.C.C.C=C(C)C(=O)NCC(=O)NCC(=O)NC(CC(=O)OCC)C(=O)OCC.C=C(C)C(=O)NCC(=O)NCC(=O)O.C=C(C)C(=O)NCC(=O)NCC(=O)O.C=C(C)C(=O)NCC(=O)NCC(=O)Oc1ccc([N+](=O)[O-])cc1.CCOC(=O)CC([NH3+])C(=O)OCC.[Cl-]. The number of ether oxygens (including phenoxy) is 5. The van der Waals surface area contributed by atoms with Gasteiger partial charge in [0.15, 0.2) is 6.04 Å². The molecule has 0 spiro atoms. The van der Waals surface area contributed by atoms with Gasteiger partial charge in [0, 0.05) is 34.4 Å². The Morgan fingerprint density at radius 3 is 1.05 bits per heavy atom. The molecule has 0 aliphatic heterocycles. The van der Waals surface area contributed by atoms with E-state index in [1.54, 1.807) is 27.7 Å². The first-order valence-electron chi connectivity index (χ1n) is 26.5. The molecule has 2 atom stereocenters. The van der Waals surface area contributed by atoms with Crippen LogP contribution in [0.4, 0.5) is 5.69 Å². The molecule has 1 aromatic rings. The van der Waals surface area contributed by atoms with Crippen LogP contribution in [0.5, 0.6) is 5.75 Å². The number of hydrogen-bond donors (Lipinski definition) is 12. The number of hydrogen-bond acceptors (Lipinski definition) is 23. The summed E-state index contributed by atoms with van der Waals surface area (Å²) in [5.41, 5.74) is 4.45. The van der Waals surface area contributed by atoms with Gasteiger partial charge in [-0.2, -0.15) is 0 Å². The number of amides is 9. The Balaban J connectivity index is -0.000000141. The fourth-order valence-corrected chi connectivity index (χ4v) is 4.83. The number of nitrogens with one attached hydrogen (secondary N) is 9. The molecule has 0 aromatic heterocycles. The Hall–Kier alpha value is -10.7. The molecule has 0 saturated carbocycles. The summed E-state index contributed by atoms with van der Waals surface area (Å²) in [4.78, 5) is 187. The lowest BCUT2D eigenvalue weighted by Gasteiger charge is -2.16. The maximum absolute atomic E-state index is 11.9. The third-order valence-electron chi connectivity index (χ3n) is 9.14. The zero-order chi connectivity index (χ0) is 70.1. The van der Waals surface area contributed by atoms with Crippen LogP contribution in [0.2, 0.25) is 0 Å². The Labute approximate surface area is 558 Å². The molecule has 0 aliphatic rings. The minimum Gasteiger partial charge on any atom is -1.00 e. The first-order valence-corrected chi connectivity index (χ1v) is 26.5. The van der Waals surface area contributed by atoms with Crippen molar-refractivity contribution in [3.05, 3.63) is 83.0 Å². The quantitative estimate of drug-likeness (QED) is 0.00788. The number of nitro groups is 1. The van der Waals surface area contributed by atoms with Gasteiger partial charge >= 0.3 is 41.8 Å². The predicted molar refractivity (Wildman–Crippen MR) is 339 cm³/mol. The zero-order valence-electron chi connectivity index (χ0n) is 51.5. The van der Waals surface area contributed by atoms with Crippen LogP contribution in [0.15, 0.2) is 72.9 Å². The molecule has 9 amide bonds.